The van der Waals surface area contributed by atoms with Crippen molar-refractivity contribution in [2.24, 2.45) is 0 Å². The molecule has 1 aliphatic rings. The van der Waals surface area contributed by atoms with Gasteiger partial charge in [0.05, 0.1) is 34.2 Å². The van der Waals surface area contributed by atoms with Crippen LogP contribution >= 0.6 is 0 Å². The van der Waals surface area contributed by atoms with E-state index in [1.165, 1.54) is 18.6 Å². The average molecular weight is 339 g/mol. The van der Waals surface area contributed by atoms with E-state index in [4.69, 9.17) is 0 Å². The standard InChI is InChI=1S/C17H14FN5O2/c1-8-19-6-11(15(22-8)9-2-3-9)17(25)23-14-4-10-13(5-12(14)18)20-7-21-16(10)24/h4-7,9H,2-3H2,1H3,(H,23,25)(H,20,21,24). The van der Waals surface area contributed by atoms with Crippen molar-refractivity contribution in [3.8, 4) is 0 Å². The number of anilines is 1. The Hall–Kier alpha value is -3.16. The number of nitrogens with one attached hydrogen (secondary N) is 2. The van der Waals surface area contributed by atoms with Crippen molar-refractivity contribution in [2.45, 2.75) is 25.7 Å². The predicted molar refractivity (Wildman–Crippen MR) is 89.0 cm³/mol. The molecule has 1 aromatic carbocycles. The highest BCUT2D eigenvalue weighted by Crippen LogP contribution is 2.40. The first-order chi connectivity index (χ1) is 12.0. The van der Waals surface area contributed by atoms with Gasteiger partial charge in [-0.15, -0.1) is 0 Å². The Morgan fingerprint density at radius 1 is 1.32 bits per heavy atom. The lowest BCUT2D eigenvalue weighted by molar-refractivity contribution is 0.102. The number of rotatable bonds is 3. The van der Waals surface area contributed by atoms with E-state index in [1.54, 1.807) is 6.92 Å². The van der Waals surface area contributed by atoms with Crippen LogP contribution in [0.15, 0.2) is 29.5 Å². The first kappa shape index (κ1) is 15.4. The number of H-pyrrole nitrogens is 1. The number of nitrogens with zero attached hydrogens (tertiary/aromatic N) is 3. The van der Waals surface area contributed by atoms with Crippen LogP contribution in [0.1, 0.15) is 40.6 Å². The summed E-state index contributed by atoms with van der Waals surface area (Å²) in [5.41, 5.74) is 0.742. The summed E-state index contributed by atoms with van der Waals surface area (Å²) in [6.07, 6.45) is 4.61. The summed E-state index contributed by atoms with van der Waals surface area (Å²) in [4.78, 5) is 39.2. The molecule has 2 aromatic heterocycles. The molecule has 126 valence electrons. The summed E-state index contributed by atoms with van der Waals surface area (Å²) < 4.78 is 14.3. The molecule has 1 saturated carbocycles. The molecule has 1 fully saturated rings. The number of hydrogen-bond donors (Lipinski definition) is 2. The third-order valence-electron chi connectivity index (χ3n) is 4.12. The zero-order valence-corrected chi connectivity index (χ0v) is 13.3. The molecular formula is C17H14FN5O2. The second-order valence-corrected chi connectivity index (χ2v) is 6.03. The molecule has 1 aliphatic carbocycles. The van der Waals surface area contributed by atoms with Crippen molar-refractivity contribution >= 4 is 22.5 Å². The molecule has 2 N–H and O–H groups in total. The minimum Gasteiger partial charge on any atom is -0.319 e. The van der Waals surface area contributed by atoms with Crippen LogP contribution < -0.4 is 10.9 Å². The number of halogens is 1. The first-order valence-electron chi connectivity index (χ1n) is 7.85. The van der Waals surface area contributed by atoms with Crippen molar-refractivity contribution in [3.05, 3.63) is 57.9 Å². The zero-order valence-electron chi connectivity index (χ0n) is 13.3. The Morgan fingerprint density at radius 2 is 2.12 bits per heavy atom. The molecule has 0 bridgehead atoms. The summed E-state index contributed by atoms with van der Waals surface area (Å²) in [6, 6.07) is 2.40. The Morgan fingerprint density at radius 3 is 2.88 bits per heavy atom. The third kappa shape index (κ3) is 2.86. The molecule has 8 heteroatoms. The van der Waals surface area contributed by atoms with Crippen molar-refractivity contribution < 1.29 is 9.18 Å². The van der Waals surface area contributed by atoms with Crippen LogP contribution in [-0.4, -0.2) is 25.8 Å². The number of aryl methyl sites for hydroxylation is 1. The van der Waals surface area contributed by atoms with E-state index in [1.807, 2.05) is 0 Å². The van der Waals surface area contributed by atoms with E-state index < -0.39 is 17.3 Å². The number of carbonyl (C=O) groups excluding carboxylic acids is 1. The van der Waals surface area contributed by atoms with Gasteiger partial charge in [0.1, 0.15) is 11.6 Å². The smallest absolute Gasteiger partial charge is 0.259 e. The highest BCUT2D eigenvalue weighted by molar-refractivity contribution is 6.05. The van der Waals surface area contributed by atoms with E-state index in [0.29, 0.717) is 17.1 Å². The van der Waals surface area contributed by atoms with Crippen LogP contribution in [0.4, 0.5) is 10.1 Å². The van der Waals surface area contributed by atoms with Gasteiger partial charge in [-0.2, -0.15) is 0 Å². The lowest BCUT2D eigenvalue weighted by Gasteiger charge is -2.10. The number of amides is 1. The summed E-state index contributed by atoms with van der Waals surface area (Å²) in [5.74, 6) is -0.329. The number of hydrogen-bond acceptors (Lipinski definition) is 5. The van der Waals surface area contributed by atoms with Gasteiger partial charge in [-0.3, -0.25) is 9.59 Å². The summed E-state index contributed by atoms with van der Waals surface area (Å²) in [5, 5.41) is 2.71. The van der Waals surface area contributed by atoms with Gasteiger partial charge in [0.25, 0.3) is 11.5 Å². The molecule has 7 nitrogen and oxygen atoms in total. The number of aromatic nitrogens is 4. The van der Waals surface area contributed by atoms with E-state index >= 15 is 0 Å². The first-order valence-corrected chi connectivity index (χ1v) is 7.85. The van der Waals surface area contributed by atoms with Crippen molar-refractivity contribution in [1.29, 1.82) is 0 Å². The van der Waals surface area contributed by atoms with Crippen LogP contribution in [0.25, 0.3) is 10.9 Å². The van der Waals surface area contributed by atoms with Crippen molar-refractivity contribution in [2.75, 3.05) is 5.32 Å². The third-order valence-corrected chi connectivity index (χ3v) is 4.12. The van der Waals surface area contributed by atoms with Gasteiger partial charge in [0.2, 0.25) is 0 Å². The SMILES string of the molecule is Cc1ncc(C(=O)Nc2cc3c(=O)[nH]cnc3cc2F)c(C2CC2)n1. The van der Waals surface area contributed by atoms with Crippen molar-refractivity contribution in [1.82, 2.24) is 19.9 Å². The maximum atomic E-state index is 14.3. The Balaban J connectivity index is 1.72. The number of benzene rings is 1. The highest BCUT2D eigenvalue weighted by atomic mass is 19.1. The fourth-order valence-electron chi connectivity index (χ4n) is 2.71. The normalized spacial score (nSPS) is 13.8. The molecule has 0 spiro atoms. The number of carbonyl (C=O) groups is 1. The van der Waals surface area contributed by atoms with Crippen LogP contribution in [0.2, 0.25) is 0 Å². The van der Waals surface area contributed by atoms with E-state index in [-0.39, 0.29) is 22.5 Å². The minimum absolute atomic E-state index is 0.0849. The molecular weight excluding hydrogens is 325 g/mol. The molecule has 0 unspecified atom stereocenters. The van der Waals surface area contributed by atoms with Gasteiger partial charge < -0.3 is 10.3 Å². The predicted octanol–water partition coefficient (Wildman–Crippen LogP) is 2.29. The number of aromatic amines is 1. The van der Waals surface area contributed by atoms with Gasteiger partial charge >= 0.3 is 0 Å². The molecule has 4 rings (SSSR count). The van der Waals surface area contributed by atoms with Crippen LogP contribution in [0, 0.1) is 12.7 Å². The second kappa shape index (κ2) is 5.73. The molecule has 1 amide bonds. The molecule has 0 saturated heterocycles. The Kier molecular flexibility index (Phi) is 3.52. The van der Waals surface area contributed by atoms with Crippen LogP contribution in [0.3, 0.4) is 0 Å². The van der Waals surface area contributed by atoms with E-state index in [9.17, 15) is 14.0 Å². The fourth-order valence-corrected chi connectivity index (χ4v) is 2.71. The monoisotopic (exact) mass is 339 g/mol. The van der Waals surface area contributed by atoms with Gasteiger partial charge in [0.15, 0.2) is 0 Å². The molecule has 25 heavy (non-hydrogen) atoms. The topological polar surface area (TPSA) is 101 Å². The second-order valence-electron chi connectivity index (χ2n) is 6.03. The summed E-state index contributed by atoms with van der Waals surface area (Å²) >= 11 is 0. The quantitative estimate of drug-likeness (QED) is 0.762. The summed E-state index contributed by atoms with van der Waals surface area (Å²) in [6.45, 7) is 1.76. The van der Waals surface area contributed by atoms with Gasteiger partial charge in [0, 0.05) is 18.2 Å². The van der Waals surface area contributed by atoms with Crippen LogP contribution in [0.5, 0.6) is 0 Å². The minimum atomic E-state index is -0.667. The number of fused-ring (bicyclic) bond motifs is 1. The maximum Gasteiger partial charge on any atom is 0.259 e. The molecule has 0 atom stereocenters. The average Bonchev–Trinajstić information content (AvgIpc) is 3.41. The van der Waals surface area contributed by atoms with Crippen molar-refractivity contribution in [3.63, 3.8) is 0 Å². The van der Waals surface area contributed by atoms with Gasteiger partial charge in [-0.25, -0.2) is 19.3 Å². The Labute approximate surface area is 141 Å². The zero-order chi connectivity index (χ0) is 17.6. The fraction of sp³-hybridized carbons (Fsp3) is 0.235. The van der Waals surface area contributed by atoms with E-state index in [0.717, 1.165) is 18.9 Å². The van der Waals surface area contributed by atoms with Crippen LogP contribution in [-0.2, 0) is 0 Å². The highest BCUT2D eigenvalue weighted by Gasteiger charge is 2.30. The summed E-state index contributed by atoms with van der Waals surface area (Å²) in [7, 11) is 0. The lowest BCUT2D eigenvalue weighted by Crippen LogP contribution is -2.17. The Bertz CT molecular complexity index is 1060. The lowest BCUT2D eigenvalue weighted by atomic mass is 10.1. The van der Waals surface area contributed by atoms with Gasteiger partial charge in [-0.1, -0.05) is 0 Å². The molecule has 2 heterocycles. The molecule has 0 radical (unpaired) electrons. The largest absolute Gasteiger partial charge is 0.319 e. The maximum absolute atomic E-state index is 14.3. The molecule has 3 aromatic rings. The van der Waals surface area contributed by atoms with E-state index in [2.05, 4.69) is 25.3 Å². The van der Waals surface area contributed by atoms with Gasteiger partial charge in [-0.05, 0) is 25.8 Å². The molecule has 0 aliphatic heterocycles.